The van der Waals surface area contributed by atoms with Gasteiger partial charge in [0.05, 0.1) is 29.9 Å². The van der Waals surface area contributed by atoms with Gasteiger partial charge in [-0.1, -0.05) is 36.4 Å². The topological polar surface area (TPSA) is 54.8 Å². The molecule has 1 aromatic heterocycles. The van der Waals surface area contributed by atoms with Crippen molar-refractivity contribution in [1.82, 2.24) is 9.88 Å². The fraction of sp³-hybridized carbons (Fsp3) is 0.269. The van der Waals surface area contributed by atoms with E-state index in [1.807, 2.05) is 30.3 Å². The van der Waals surface area contributed by atoms with E-state index in [9.17, 15) is 18.0 Å². The van der Waals surface area contributed by atoms with Crippen LogP contribution in [0.25, 0.3) is 16.5 Å². The zero-order chi connectivity index (χ0) is 24.5. The lowest BCUT2D eigenvalue weighted by atomic mass is 9.98. The summed E-state index contributed by atoms with van der Waals surface area (Å²) in [6.45, 7) is 5.98. The van der Waals surface area contributed by atoms with Crippen molar-refractivity contribution in [2.24, 2.45) is 4.99 Å². The number of hydrogen-bond acceptors (Lipinski definition) is 4. The second-order valence-corrected chi connectivity index (χ2v) is 8.90. The first kappa shape index (κ1) is 23.5. The van der Waals surface area contributed by atoms with Crippen molar-refractivity contribution in [3.63, 3.8) is 0 Å². The predicted octanol–water partition coefficient (Wildman–Crippen LogP) is 6.33. The molecule has 3 aromatic rings. The average molecular weight is 467 g/mol. The van der Waals surface area contributed by atoms with Gasteiger partial charge in [-0.05, 0) is 56.7 Å². The first-order chi connectivity index (χ1) is 16.0. The molecular formula is C26H24F3N3O2. The number of fused-ring (bicyclic) bond motifs is 1. The number of rotatable bonds is 3. The van der Waals surface area contributed by atoms with Crippen LogP contribution in [0.15, 0.2) is 71.7 Å². The fourth-order valence-electron chi connectivity index (χ4n) is 3.60. The van der Waals surface area contributed by atoms with Crippen LogP contribution in [-0.2, 0) is 10.9 Å². The zero-order valence-corrected chi connectivity index (χ0v) is 19.1. The van der Waals surface area contributed by atoms with Crippen molar-refractivity contribution in [1.29, 1.82) is 0 Å². The molecule has 0 N–H and O–H groups in total. The van der Waals surface area contributed by atoms with Crippen LogP contribution in [0.4, 0.5) is 18.0 Å². The van der Waals surface area contributed by atoms with Gasteiger partial charge in [0.25, 0.3) is 0 Å². The van der Waals surface area contributed by atoms with Crippen molar-refractivity contribution in [3.05, 3.63) is 83.6 Å². The number of halogens is 3. The molecule has 0 unspecified atom stereocenters. The number of amidine groups is 1. The molecule has 0 spiro atoms. The third-order valence-corrected chi connectivity index (χ3v) is 5.14. The number of hydrogen-bond donors (Lipinski definition) is 0. The van der Waals surface area contributed by atoms with Crippen LogP contribution in [0.1, 0.15) is 37.6 Å². The van der Waals surface area contributed by atoms with Gasteiger partial charge in [0.15, 0.2) is 0 Å². The van der Waals surface area contributed by atoms with Gasteiger partial charge in [-0.25, -0.2) is 9.78 Å². The number of carbonyl (C=O) groups excluding carboxylic acids is 1. The van der Waals surface area contributed by atoms with E-state index in [1.165, 1.54) is 11.0 Å². The Hall–Kier alpha value is -3.68. The Kier molecular flexibility index (Phi) is 6.17. The van der Waals surface area contributed by atoms with E-state index in [0.29, 0.717) is 41.3 Å². The monoisotopic (exact) mass is 467 g/mol. The van der Waals surface area contributed by atoms with Gasteiger partial charge in [0, 0.05) is 11.0 Å². The summed E-state index contributed by atoms with van der Waals surface area (Å²) in [7, 11) is 0. The molecule has 0 fully saturated rings. The second kappa shape index (κ2) is 8.93. The molecule has 34 heavy (non-hydrogen) atoms. The predicted molar refractivity (Wildman–Crippen MR) is 126 cm³/mol. The molecule has 8 heteroatoms. The highest BCUT2D eigenvalue weighted by molar-refractivity contribution is 6.09. The Morgan fingerprint density at radius 3 is 2.53 bits per heavy atom. The molecule has 4 rings (SSSR count). The number of alkyl halides is 3. The van der Waals surface area contributed by atoms with Crippen LogP contribution in [-0.4, -0.2) is 40.5 Å². The highest BCUT2D eigenvalue weighted by Crippen LogP contribution is 2.33. The number of carbonyl (C=O) groups is 1. The Labute approximate surface area is 195 Å². The summed E-state index contributed by atoms with van der Waals surface area (Å²) in [4.78, 5) is 23.2. The standard InChI is InChI=1S/C26H24F3N3O2/c1-25(2,3)34-24(33)32-14-13-30-23(32)16-20(18-8-6-9-19(15-18)26(27,28)29)22-12-11-17-7-4-5-10-21(17)31-22/h4-12,15-16H,13-14H2,1-3H3/b20-16+. The van der Waals surface area contributed by atoms with Gasteiger partial charge in [0.2, 0.25) is 0 Å². The van der Waals surface area contributed by atoms with Gasteiger partial charge in [0.1, 0.15) is 11.4 Å². The summed E-state index contributed by atoms with van der Waals surface area (Å²) in [5.41, 5.74) is 0.446. The Morgan fingerprint density at radius 1 is 1.03 bits per heavy atom. The van der Waals surface area contributed by atoms with E-state index in [-0.39, 0.29) is 0 Å². The molecule has 0 saturated carbocycles. The van der Waals surface area contributed by atoms with Crippen LogP contribution in [0.3, 0.4) is 0 Å². The molecule has 0 bridgehead atoms. The number of aromatic nitrogens is 1. The maximum atomic E-state index is 13.4. The number of nitrogens with zero attached hydrogens (tertiary/aromatic N) is 3. The van der Waals surface area contributed by atoms with E-state index >= 15 is 0 Å². The van der Waals surface area contributed by atoms with Crippen molar-refractivity contribution in [2.45, 2.75) is 32.5 Å². The average Bonchev–Trinajstić information content (AvgIpc) is 3.24. The summed E-state index contributed by atoms with van der Waals surface area (Å²) in [5.74, 6) is 0.316. The molecule has 0 aliphatic carbocycles. The number of pyridine rings is 1. The maximum Gasteiger partial charge on any atom is 0.416 e. The molecular weight excluding hydrogens is 443 g/mol. The normalized spacial score (nSPS) is 14.9. The maximum absolute atomic E-state index is 13.4. The molecule has 1 aliphatic rings. The summed E-state index contributed by atoms with van der Waals surface area (Å²) in [6.07, 6.45) is -3.45. The summed E-state index contributed by atoms with van der Waals surface area (Å²) < 4.78 is 45.8. The number of aliphatic imine (C=N–C) groups is 1. The molecule has 0 radical (unpaired) electrons. The van der Waals surface area contributed by atoms with E-state index < -0.39 is 23.4 Å². The molecule has 1 aliphatic heterocycles. The number of benzene rings is 2. The van der Waals surface area contributed by atoms with Crippen LogP contribution in [0.2, 0.25) is 0 Å². The quantitative estimate of drug-likeness (QED) is 0.452. The fourth-order valence-corrected chi connectivity index (χ4v) is 3.60. The Balaban J connectivity index is 1.82. The number of amides is 1. The van der Waals surface area contributed by atoms with E-state index in [0.717, 1.165) is 17.5 Å². The van der Waals surface area contributed by atoms with Crippen molar-refractivity contribution < 1.29 is 22.7 Å². The first-order valence-corrected chi connectivity index (χ1v) is 10.8. The summed E-state index contributed by atoms with van der Waals surface area (Å²) in [5, 5.41) is 0.906. The van der Waals surface area contributed by atoms with Crippen LogP contribution in [0.5, 0.6) is 0 Å². The lowest BCUT2D eigenvalue weighted by Gasteiger charge is -2.24. The van der Waals surface area contributed by atoms with Gasteiger partial charge < -0.3 is 4.74 Å². The molecule has 176 valence electrons. The molecule has 0 saturated heterocycles. The van der Waals surface area contributed by atoms with E-state index in [4.69, 9.17) is 4.74 Å². The van der Waals surface area contributed by atoms with Gasteiger partial charge in [-0.15, -0.1) is 0 Å². The highest BCUT2D eigenvalue weighted by Gasteiger charge is 2.31. The summed E-state index contributed by atoms with van der Waals surface area (Å²) >= 11 is 0. The van der Waals surface area contributed by atoms with E-state index in [2.05, 4.69) is 9.98 Å². The molecule has 1 amide bonds. The smallest absolute Gasteiger partial charge is 0.416 e. The third kappa shape index (κ3) is 5.27. The molecule has 5 nitrogen and oxygen atoms in total. The van der Waals surface area contributed by atoms with E-state index in [1.54, 1.807) is 39.0 Å². The Morgan fingerprint density at radius 2 is 1.79 bits per heavy atom. The van der Waals surface area contributed by atoms with Crippen LogP contribution in [0, 0.1) is 0 Å². The summed E-state index contributed by atoms with van der Waals surface area (Å²) in [6, 6.07) is 16.1. The number of para-hydroxylation sites is 1. The lowest BCUT2D eigenvalue weighted by Crippen LogP contribution is -2.38. The molecule has 2 heterocycles. The van der Waals surface area contributed by atoms with Gasteiger partial charge in [-0.3, -0.25) is 9.89 Å². The first-order valence-electron chi connectivity index (χ1n) is 10.8. The second-order valence-electron chi connectivity index (χ2n) is 8.90. The minimum Gasteiger partial charge on any atom is -0.443 e. The molecule has 0 atom stereocenters. The van der Waals surface area contributed by atoms with Crippen LogP contribution >= 0.6 is 0 Å². The van der Waals surface area contributed by atoms with Crippen molar-refractivity contribution in [2.75, 3.05) is 13.1 Å². The number of ether oxygens (including phenoxy) is 1. The van der Waals surface area contributed by atoms with Crippen molar-refractivity contribution >= 4 is 28.4 Å². The Bertz CT molecular complexity index is 1290. The van der Waals surface area contributed by atoms with Crippen LogP contribution < -0.4 is 0 Å². The van der Waals surface area contributed by atoms with Gasteiger partial charge in [-0.2, -0.15) is 13.2 Å². The minimum absolute atomic E-state index is 0.316. The highest BCUT2D eigenvalue weighted by atomic mass is 19.4. The van der Waals surface area contributed by atoms with Gasteiger partial charge >= 0.3 is 12.3 Å². The molecule has 2 aromatic carbocycles. The lowest BCUT2D eigenvalue weighted by molar-refractivity contribution is -0.137. The minimum atomic E-state index is -4.49. The largest absolute Gasteiger partial charge is 0.443 e. The zero-order valence-electron chi connectivity index (χ0n) is 19.1. The third-order valence-electron chi connectivity index (χ3n) is 5.14. The SMILES string of the molecule is CC(C)(C)OC(=O)N1CCN=C1/C=C(\c1cccc(C(F)(F)F)c1)c1ccc2ccccc2n1. The van der Waals surface area contributed by atoms with Crippen molar-refractivity contribution in [3.8, 4) is 0 Å².